The Morgan fingerprint density at radius 2 is 1.81 bits per heavy atom. The largest absolute Gasteiger partial charge is 0.490 e. The highest BCUT2D eigenvalue weighted by atomic mass is 35.5. The van der Waals surface area contributed by atoms with Crippen molar-refractivity contribution in [2.45, 2.75) is 57.0 Å². The molecular formula is C26H30ClN3O2. The second-order valence-electron chi connectivity index (χ2n) is 9.27. The van der Waals surface area contributed by atoms with Crippen molar-refractivity contribution in [1.82, 2.24) is 15.0 Å². The molecule has 2 fully saturated rings. The summed E-state index contributed by atoms with van der Waals surface area (Å²) in [6.45, 7) is 1.53. The number of rotatable bonds is 7. The van der Waals surface area contributed by atoms with Crippen molar-refractivity contribution in [1.29, 1.82) is 0 Å². The van der Waals surface area contributed by atoms with E-state index in [1.54, 1.807) is 0 Å². The van der Waals surface area contributed by atoms with Gasteiger partial charge < -0.3 is 14.2 Å². The van der Waals surface area contributed by atoms with Crippen LogP contribution in [0.2, 0.25) is 5.02 Å². The fraction of sp³-hybridized carbons (Fsp3) is 0.423. The lowest BCUT2D eigenvalue weighted by Crippen LogP contribution is -2.43. The van der Waals surface area contributed by atoms with Crippen molar-refractivity contribution < 1.29 is 9.26 Å². The number of benzene rings is 2. The number of aromatic nitrogens is 1. The van der Waals surface area contributed by atoms with Gasteiger partial charge in [-0.1, -0.05) is 28.9 Å². The molecule has 0 spiro atoms. The van der Waals surface area contributed by atoms with Crippen molar-refractivity contribution in [3.63, 3.8) is 0 Å². The number of ether oxygens (including phenoxy) is 1. The summed E-state index contributed by atoms with van der Waals surface area (Å²) in [4.78, 5) is 4.78. The number of halogens is 1. The zero-order valence-corrected chi connectivity index (χ0v) is 19.5. The summed E-state index contributed by atoms with van der Waals surface area (Å²) in [5.41, 5.74) is 3.12. The molecule has 0 radical (unpaired) electrons. The third-order valence-corrected chi connectivity index (χ3v) is 7.08. The van der Waals surface area contributed by atoms with Gasteiger partial charge in [0.1, 0.15) is 11.9 Å². The second-order valence-corrected chi connectivity index (χ2v) is 9.71. The van der Waals surface area contributed by atoms with Crippen LogP contribution >= 0.6 is 11.6 Å². The summed E-state index contributed by atoms with van der Waals surface area (Å²) in [5, 5.41) is 4.95. The predicted octanol–water partition coefficient (Wildman–Crippen LogP) is 5.63. The smallest absolute Gasteiger partial charge is 0.167 e. The summed E-state index contributed by atoms with van der Waals surface area (Å²) in [6.07, 6.45) is 5.23. The Kier molecular flexibility index (Phi) is 6.22. The number of piperidine rings is 1. The van der Waals surface area contributed by atoms with E-state index in [0.717, 1.165) is 42.2 Å². The lowest BCUT2D eigenvalue weighted by atomic mass is 10.0. The van der Waals surface area contributed by atoms with Gasteiger partial charge in [0.2, 0.25) is 0 Å². The van der Waals surface area contributed by atoms with Gasteiger partial charge >= 0.3 is 0 Å². The predicted molar refractivity (Wildman–Crippen MR) is 127 cm³/mol. The molecule has 3 aromatic rings. The normalized spacial score (nSPS) is 23.1. The first-order chi connectivity index (χ1) is 15.5. The van der Waals surface area contributed by atoms with E-state index in [0.29, 0.717) is 29.8 Å². The minimum atomic E-state index is 0.332. The molecule has 2 aromatic carbocycles. The van der Waals surface area contributed by atoms with E-state index >= 15 is 0 Å². The van der Waals surface area contributed by atoms with Crippen LogP contribution in [0.5, 0.6) is 5.75 Å². The van der Waals surface area contributed by atoms with Gasteiger partial charge in [-0.2, -0.15) is 0 Å². The first-order valence-electron chi connectivity index (χ1n) is 11.4. The Hall–Kier alpha value is -2.34. The Morgan fingerprint density at radius 3 is 2.56 bits per heavy atom. The molecule has 2 bridgehead atoms. The molecule has 2 aliphatic heterocycles. The molecule has 168 valence electrons. The Morgan fingerprint density at radius 1 is 1.06 bits per heavy atom. The van der Waals surface area contributed by atoms with Crippen LogP contribution in [0.1, 0.15) is 36.9 Å². The second kappa shape index (κ2) is 9.26. The van der Waals surface area contributed by atoms with Gasteiger partial charge in [-0.05, 0) is 81.7 Å². The molecule has 2 unspecified atom stereocenters. The fourth-order valence-electron chi connectivity index (χ4n) is 5.15. The van der Waals surface area contributed by atoms with E-state index < -0.39 is 0 Å². The van der Waals surface area contributed by atoms with Gasteiger partial charge in [-0.25, -0.2) is 0 Å². The summed E-state index contributed by atoms with van der Waals surface area (Å²) < 4.78 is 11.9. The SMILES string of the molecule is CN(Cc1cccc(OC2CC3CCC(C2)N3C)c1)Cc1cc(-c2ccc(Cl)cc2)on1. The van der Waals surface area contributed by atoms with Gasteiger partial charge in [0.15, 0.2) is 5.76 Å². The minimum absolute atomic E-state index is 0.332. The van der Waals surface area contributed by atoms with E-state index in [1.165, 1.54) is 18.4 Å². The Balaban J connectivity index is 1.17. The van der Waals surface area contributed by atoms with Crippen molar-refractivity contribution in [2.24, 2.45) is 0 Å². The van der Waals surface area contributed by atoms with E-state index in [-0.39, 0.29) is 0 Å². The monoisotopic (exact) mass is 451 g/mol. The number of nitrogens with zero attached hydrogens (tertiary/aromatic N) is 3. The first kappa shape index (κ1) is 21.5. The molecule has 2 aliphatic rings. The number of hydrogen-bond acceptors (Lipinski definition) is 5. The summed E-state index contributed by atoms with van der Waals surface area (Å²) >= 11 is 5.97. The van der Waals surface area contributed by atoms with Crippen LogP contribution in [0.3, 0.4) is 0 Å². The highest BCUT2D eigenvalue weighted by Crippen LogP contribution is 2.36. The minimum Gasteiger partial charge on any atom is -0.490 e. The van der Waals surface area contributed by atoms with Crippen molar-refractivity contribution in [2.75, 3.05) is 14.1 Å². The standard InChI is InChI=1S/C26H30ClN3O2/c1-29(17-21-13-26(32-28-21)19-6-8-20(27)9-7-19)16-18-4-3-5-24(12-18)31-25-14-22-10-11-23(15-25)30(22)2/h3-9,12-13,22-23,25H,10-11,14-17H2,1-2H3. The highest BCUT2D eigenvalue weighted by Gasteiger charge is 2.39. The van der Waals surface area contributed by atoms with Crippen LogP contribution in [-0.4, -0.2) is 47.2 Å². The van der Waals surface area contributed by atoms with Crippen LogP contribution < -0.4 is 4.74 Å². The lowest BCUT2D eigenvalue weighted by Gasteiger charge is -2.36. The van der Waals surface area contributed by atoms with Crippen LogP contribution in [-0.2, 0) is 13.1 Å². The molecule has 2 atom stereocenters. The van der Waals surface area contributed by atoms with Crippen LogP contribution in [0.4, 0.5) is 0 Å². The van der Waals surface area contributed by atoms with Gasteiger partial charge in [0, 0.05) is 41.8 Å². The molecule has 5 nitrogen and oxygen atoms in total. The van der Waals surface area contributed by atoms with Gasteiger partial charge in [-0.15, -0.1) is 0 Å². The molecule has 0 saturated carbocycles. The highest BCUT2D eigenvalue weighted by molar-refractivity contribution is 6.30. The number of hydrogen-bond donors (Lipinski definition) is 0. The molecule has 5 rings (SSSR count). The lowest BCUT2D eigenvalue weighted by molar-refractivity contribution is 0.0661. The summed E-state index contributed by atoms with van der Waals surface area (Å²) in [6, 6.07) is 19.5. The van der Waals surface area contributed by atoms with Gasteiger partial charge in [0.05, 0.1) is 5.69 Å². The van der Waals surface area contributed by atoms with Crippen molar-refractivity contribution in [3.8, 4) is 17.1 Å². The average molecular weight is 452 g/mol. The molecule has 0 aliphatic carbocycles. The Bertz CT molecular complexity index is 1040. The molecule has 32 heavy (non-hydrogen) atoms. The molecule has 3 heterocycles. The van der Waals surface area contributed by atoms with Crippen molar-refractivity contribution >= 4 is 11.6 Å². The maximum atomic E-state index is 6.40. The molecule has 0 N–H and O–H groups in total. The van der Waals surface area contributed by atoms with E-state index in [1.807, 2.05) is 30.3 Å². The molecular weight excluding hydrogens is 422 g/mol. The van der Waals surface area contributed by atoms with Crippen LogP contribution in [0.25, 0.3) is 11.3 Å². The zero-order valence-electron chi connectivity index (χ0n) is 18.7. The first-order valence-corrected chi connectivity index (χ1v) is 11.8. The molecule has 2 saturated heterocycles. The van der Waals surface area contributed by atoms with Gasteiger partial charge in [0.25, 0.3) is 0 Å². The summed E-state index contributed by atoms with van der Waals surface area (Å²) in [7, 11) is 4.36. The topological polar surface area (TPSA) is 41.7 Å². The van der Waals surface area contributed by atoms with Crippen LogP contribution in [0, 0.1) is 0 Å². The maximum absolute atomic E-state index is 6.40. The third-order valence-electron chi connectivity index (χ3n) is 6.83. The summed E-state index contributed by atoms with van der Waals surface area (Å²) in [5.74, 6) is 1.74. The molecule has 6 heteroatoms. The van der Waals surface area contributed by atoms with Crippen molar-refractivity contribution in [3.05, 3.63) is 70.9 Å². The third kappa shape index (κ3) is 4.85. The fourth-order valence-corrected chi connectivity index (χ4v) is 5.27. The van der Waals surface area contributed by atoms with E-state index in [9.17, 15) is 0 Å². The Labute approximate surface area is 194 Å². The van der Waals surface area contributed by atoms with E-state index in [4.69, 9.17) is 20.9 Å². The van der Waals surface area contributed by atoms with Gasteiger partial charge in [-0.3, -0.25) is 4.90 Å². The average Bonchev–Trinajstić information content (AvgIpc) is 3.29. The quantitative estimate of drug-likeness (QED) is 0.465. The van der Waals surface area contributed by atoms with Crippen LogP contribution in [0.15, 0.2) is 59.1 Å². The number of fused-ring (bicyclic) bond motifs is 2. The molecule has 1 aromatic heterocycles. The zero-order chi connectivity index (χ0) is 22.1. The molecule has 0 amide bonds. The maximum Gasteiger partial charge on any atom is 0.167 e. The van der Waals surface area contributed by atoms with E-state index in [2.05, 4.69) is 53.3 Å².